The van der Waals surface area contributed by atoms with Crippen LogP contribution in [0.5, 0.6) is 0 Å². The van der Waals surface area contributed by atoms with Crippen molar-refractivity contribution < 1.29 is 9.53 Å². The molecule has 1 aliphatic heterocycles. The lowest BCUT2D eigenvalue weighted by atomic mass is 10.0. The number of amides is 1. The second-order valence-corrected chi connectivity index (χ2v) is 5.94. The van der Waals surface area contributed by atoms with Crippen LogP contribution in [0.15, 0.2) is 24.3 Å². The van der Waals surface area contributed by atoms with E-state index in [0.29, 0.717) is 19.7 Å². The monoisotopic (exact) mass is 302 g/mol. The molecule has 22 heavy (non-hydrogen) atoms. The number of hydrogen-bond acceptors (Lipinski definition) is 4. The molecule has 6 heteroatoms. The van der Waals surface area contributed by atoms with E-state index in [1.54, 1.807) is 7.05 Å². The van der Waals surface area contributed by atoms with Crippen molar-refractivity contribution in [3.63, 3.8) is 0 Å². The molecule has 1 N–H and O–H groups in total. The van der Waals surface area contributed by atoms with Crippen LogP contribution in [0.1, 0.15) is 12.7 Å². The molecule has 2 heterocycles. The molecule has 118 valence electrons. The predicted molar refractivity (Wildman–Crippen MR) is 84.4 cm³/mol. The molecule has 0 saturated carbocycles. The van der Waals surface area contributed by atoms with E-state index >= 15 is 0 Å². The molecule has 0 bridgehead atoms. The summed E-state index contributed by atoms with van der Waals surface area (Å²) < 4.78 is 7.81. The molecule has 1 saturated heterocycles. The Kier molecular flexibility index (Phi) is 3.88. The minimum atomic E-state index is -0.794. The molecule has 0 radical (unpaired) electrons. The number of aromatic nitrogens is 2. The Morgan fingerprint density at radius 3 is 2.95 bits per heavy atom. The number of benzene rings is 1. The molecule has 1 aromatic carbocycles. The van der Waals surface area contributed by atoms with Gasteiger partial charge in [0.1, 0.15) is 5.82 Å². The quantitative estimate of drug-likeness (QED) is 0.915. The number of morpholine rings is 1. The third kappa shape index (κ3) is 2.60. The van der Waals surface area contributed by atoms with Gasteiger partial charge in [-0.1, -0.05) is 12.1 Å². The number of aryl methyl sites for hydroxylation is 1. The first kappa shape index (κ1) is 15.0. The summed E-state index contributed by atoms with van der Waals surface area (Å²) in [4.78, 5) is 18.9. The van der Waals surface area contributed by atoms with Crippen LogP contribution in [0.25, 0.3) is 11.0 Å². The number of nitrogens with zero attached hydrogens (tertiary/aromatic N) is 3. The van der Waals surface area contributed by atoms with E-state index < -0.39 is 5.60 Å². The highest BCUT2D eigenvalue weighted by Crippen LogP contribution is 2.21. The summed E-state index contributed by atoms with van der Waals surface area (Å²) in [5, 5.41) is 2.68. The highest BCUT2D eigenvalue weighted by molar-refractivity contribution is 5.84. The van der Waals surface area contributed by atoms with Gasteiger partial charge in [-0.3, -0.25) is 9.69 Å². The number of carbonyl (C=O) groups excluding carboxylic acids is 1. The van der Waals surface area contributed by atoms with E-state index in [9.17, 15) is 4.79 Å². The maximum atomic E-state index is 12.0. The maximum Gasteiger partial charge on any atom is 0.253 e. The van der Waals surface area contributed by atoms with E-state index in [1.165, 1.54) is 0 Å². The molecule has 1 atom stereocenters. The van der Waals surface area contributed by atoms with Gasteiger partial charge in [-0.05, 0) is 19.1 Å². The fourth-order valence-electron chi connectivity index (χ4n) is 3.02. The van der Waals surface area contributed by atoms with Crippen LogP contribution in [0.2, 0.25) is 0 Å². The number of imidazole rings is 1. The van der Waals surface area contributed by atoms with Crippen molar-refractivity contribution in [2.75, 3.05) is 26.7 Å². The molecule has 6 nitrogen and oxygen atoms in total. The Morgan fingerprint density at radius 1 is 1.45 bits per heavy atom. The second kappa shape index (κ2) is 5.70. The molecular weight excluding hydrogens is 280 g/mol. The van der Waals surface area contributed by atoms with Gasteiger partial charge >= 0.3 is 0 Å². The van der Waals surface area contributed by atoms with Gasteiger partial charge in [0.15, 0.2) is 5.60 Å². The van der Waals surface area contributed by atoms with E-state index in [-0.39, 0.29) is 5.91 Å². The van der Waals surface area contributed by atoms with Gasteiger partial charge in [0, 0.05) is 27.2 Å². The van der Waals surface area contributed by atoms with Crippen LogP contribution in [0.3, 0.4) is 0 Å². The summed E-state index contributed by atoms with van der Waals surface area (Å²) in [5.74, 6) is 0.921. The first-order valence-electron chi connectivity index (χ1n) is 7.52. The van der Waals surface area contributed by atoms with E-state index in [1.807, 2.05) is 32.2 Å². The fourth-order valence-corrected chi connectivity index (χ4v) is 3.02. The van der Waals surface area contributed by atoms with Crippen LogP contribution in [-0.2, 0) is 23.1 Å². The molecule has 1 aromatic heterocycles. The van der Waals surface area contributed by atoms with Crippen molar-refractivity contribution in [1.82, 2.24) is 19.8 Å². The lowest BCUT2D eigenvalue weighted by molar-refractivity contribution is -0.156. The Hall–Kier alpha value is -1.92. The molecule has 0 spiro atoms. The summed E-state index contributed by atoms with van der Waals surface area (Å²) in [6.45, 7) is 4.47. The first-order valence-corrected chi connectivity index (χ1v) is 7.52. The summed E-state index contributed by atoms with van der Waals surface area (Å²) >= 11 is 0. The average molecular weight is 302 g/mol. The van der Waals surface area contributed by atoms with Gasteiger partial charge in [-0.15, -0.1) is 0 Å². The number of ether oxygens (including phenoxy) is 1. The maximum absolute atomic E-state index is 12.0. The summed E-state index contributed by atoms with van der Waals surface area (Å²) in [5.41, 5.74) is 1.33. The Bertz CT molecular complexity index is 697. The van der Waals surface area contributed by atoms with E-state index in [4.69, 9.17) is 9.72 Å². The van der Waals surface area contributed by atoms with Gasteiger partial charge in [0.05, 0.1) is 24.2 Å². The first-order chi connectivity index (χ1) is 10.5. The topological polar surface area (TPSA) is 59.4 Å². The van der Waals surface area contributed by atoms with Crippen LogP contribution in [0.4, 0.5) is 0 Å². The molecule has 0 aliphatic carbocycles. The Morgan fingerprint density at radius 2 is 2.23 bits per heavy atom. The zero-order valence-corrected chi connectivity index (χ0v) is 13.3. The fraction of sp³-hybridized carbons (Fsp3) is 0.500. The minimum Gasteiger partial charge on any atom is -0.363 e. The number of hydrogen-bond donors (Lipinski definition) is 1. The largest absolute Gasteiger partial charge is 0.363 e. The number of carbonyl (C=O) groups is 1. The van der Waals surface area contributed by atoms with E-state index in [0.717, 1.165) is 23.4 Å². The van der Waals surface area contributed by atoms with Crippen LogP contribution in [0, 0.1) is 0 Å². The van der Waals surface area contributed by atoms with Gasteiger partial charge in [-0.2, -0.15) is 0 Å². The number of nitrogens with one attached hydrogen (secondary N) is 1. The molecule has 1 amide bonds. The van der Waals surface area contributed by atoms with Gasteiger partial charge in [0.25, 0.3) is 5.91 Å². The molecule has 3 rings (SSSR count). The molecule has 1 unspecified atom stereocenters. The third-order valence-electron chi connectivity index (χ3n) is 4.31. The van der Waals surface area contributed by atoms with Crippen molar-refractivity contribution >= 4 is 16.9 Å². The van der Waals surface area contributed by atoms with Crippen molar-refractivity contribution in [2.45, 2.75) is 19.1 Å². The molecular formula is C16H22N4O2. The zero-order valence-electron chi connectivity index (χ0n) is 13.3. The van der Waals surface area contributed by atoms with Crippen molar-refractivity contribution in [3.05, 3.63) is 30.1 Å². The number of fused-ring (bicyclic) bond motifs is 1. The lowest BCUT2D eigenvalue weighted by Gasteiger charge is -2.38. The van der Waals surface area contributed by atoms with Crippen LogP contribution < -0.4 is 5.32 Å². The minimum absolute atomic E-state index is 0.0813. The van der Waals surface area contributed by atoms with Gasteiger partial charge in [0.2, 0.25) is 0 Å². The number of para-hydroxylation sites is 2. The van der Waals surface area contributed by atoms with Crippen molar-refractivity contribution in [2.24, 2.45) is 7.05 Å². The van der Waals surface area contributed by atoms with Crippen LogP contribution >= 0.6 is 0 Å². The highest BCUT2D eigenvalue weighted by atomic mass is 16.5. The highest BCUT2D eigenvalue weighted by Gasteiger charge is 2.38. The summed E-state index contributed by atoms with van der Waals surface area (Å²) in [6, 6.07) is 8.11. The van der Waals surface area contributed by atoms with Crippen molar-refractivity contribution in [3.8, 4) is 0 Å². The van der Waals surface area contributed by atoms with E-state index in [2.05, 4.69) is 20.9 Å². The smallest absolute Gasteiger partial charge is 0.253 e. The predicted octanol–water partition coefficient (Wildman–Crippen LogP) is 0.910. The van der Waals surface area contributed by atoms with Gasteiger partial charge < -0.3 is 14.6 Å². The zero-order chi connectivity index (χ0) is 15.7. The number of likely N-dealkylation sites (N-methyl/N-ethyl adjacent to an activating group) is 1. The molecule has 2 aromatic rings. The second-order valence-electron chi connectivity index (χ2n) is 5.94. The lowest BCUT2D eigenvalue weighted by Crippen LogP contribution is -2.57. The Balaban J connectivity index is 1.80. The standard InChI is InChI=1S/C16H22N4O2/c1-16(15(21)17-2)11-20(8-9-22-16)10-14-18-12-6-4-5-7-13(12)19(14)3/h4-7H,8-11H2,1-3H3,(H,17,21). The molecule has 1 fully saturated rings. The number of rotatable bonds is 3. The summed E-state index contributed by atoms with van der Waals surface area (Å²) in [7, 11) is 3.67. The summed E-state index contributed by atoms with van der Waals surface area (Å²) in [6.07, 6.45) is 0. The van der Waals surface area contributed by atoms with Crippen molar-refractivity contribution in [1.29, 1.82) is 0 Å². The Labute approximate surface area is 130 Å². The van der Waals surface area contributed by atoms with Gasteiger partial charge in [-0.25, -0.2) is 4.98 Å². The van der Waals surface area contributed by atoms with Crippen LogP contribution in [-0.4, -0.2) is 52.7 Å². The average Bonchev–Trinajstić information content (AvgIpc) is 2.83. The normalized spacial score (nSPS) is 22.9. The molecule has 1 aliphatic rings. The third-order valence-corrected chi connectivity index (χ3v) is 4.31. The SMILES string of the molecule is CNC(=O)C1(C)CN(Cc2nc3ccccc3n2C)CCO1.